The molecule has 324 valence electrons. The molecule has 7 atom stereocenters. The van der Waals surface area contributed by atoms with Crippen LogP contribution in [0.15, 0.2) is 60.7 Å². The number of carbonyl (C=O) groups is 10. The largest absolute Gasteiger partial charge is 0.481 e. The van der Waals surface area contributed by atoms with Gasteiger partial charge < -0.3 is 58.9 Å². The van der Waals surface area contributed by atoms with E-state index in [2.05, 4.69) is 37.2 Å². The van der Waals surface area contributed by atoms with Crippen LogP contribution in [0, 0.1) is 5.92 Å². The zero-order chi connectivity index (χ0) is 44.5. The van der Waals surface area contributed by atoms with Crippen molar-refractivity contribution >= 4 is 59.2 Å². The Kier molecular flexibility index (Phi) is 18.1. The summed E-state index contributed by atoms with van der Waals surface area (Å²) in [4.78, 5) is 131. The molecule has 13 N–H and O–H groups in total. The highest BCUT2D eigenvalue weighted by Crippen LogP contribution is 2.10. The first-order valence-corrected chi connectivity index (χ1v) is 19.0. The second-order valence-electron chi connectivity index (χ2n) is 14.6. The van der Waals surface area contributed by atoms with Gasteiger partial charge in [0.15, 0.2) is 0 Å². The van der Waals surface area contributed by atoms with Gasteiger partial charge >= 0.3 is 11.9 Å². The van der Waals surface area contributed by atoms with Gasteiger partial charge in [-0.2, -0.15) is 0 Å². The second kappa shape index (κ2) is 22.9. The first kappa shape index (κ1) is 47.5. The van der Waals surface area contributed by atoms with Crippen LogP contribution >= 0.6 is 0 Å². The molecule has 21 heteroatoms. The van der Waals surface area contributed by atoms with Crippen molar-refractivity contribution in [3.8, 4) is 0 Å². The number of hydrogen-bond acceptors (Lipinski definition) is 11. The summed E-state index contributed by atoms with van der Waals surface area (Å²) in [6.07, 6.45) is -3.07. The number of nitrogens with one attached hydrogen (secondary N) is 7. The maximum atomic E-state index is 13.8. The highest BCUT2D eigenvalue weighted by atomic mass is 16.4. The van der Waals surface area contributed by atoms with Gasteiger partial charge in [0.05, 0.1) is 25.3 Å². The number of hydrogen-bond donors (Lipinski definition) is 11. The van der Waals surface area contributed by atoms with E-state index < -0.39 is 127 Å². The average Bonchev–Trinajstić information content (AvgIpc) is 3.17. The molecule has 0 aliphatic carbocycles. The molecule has 1 heterocycles. The molecular formula is C39H51N9O12. The van der Waals surface area contributed by atoms with Crippen LogP contribution in [0.3, 0.4) is 0 Å². The van der Waals surface area contributed by atoms with Crippen LogP contribution in [0.1, 0.15) is 50.7 Å². The van der Waals surface area contributed by atoms with Crippen LogP contribution in [0.5, 0.6) is 0 Å². The van der Waals surface area contributed by atoms with E-state index in [1.54, 1.807) is 74.5 Å². The Balaban J connectivity index is 1.95. The van der Waals surface area contributed by atoms with Gasteiger partial charge in [-0.25, -0.2) is 0 Å². The van der Waals surface area contributed by atoms with E-state index in [-0.39, 0.29) is 25.2 Å². The Hall–Kier alpha value is -6.90. The number of carbonyl (C=O) groups excluding carboxylic acids is 8. The summed E-state index contributed by atoms with van der Waals surface area (Å²) < 4.78 is 0. The first-order chi connectivity index (χ1) is 28.3. The van der Waals surface area contributed by atoms with E-state index in [0.717, 1.165) is 0 Å². The van der Waals surface area contributed by atoms with Crippen molar-refractivity contribution in [3.05, 3.63) is 71.8 Å². The fraction of sp³-hybridized carbons (Fsp3) is 0.436. The molecule has 2 aromatic rings. The standard InChI is InChI=1S/C39H51N9O12/c1-20(2)13-25-35(56)46-28(18-32(52)53)38(59)45-26(16-30(49)42-19-29(39(60)44-25)48-34(55)23(40)14-21-9-5-3-6-10-21)36(57)47-27(17-31(50)51)37(58)43-24(33(41)54)15-22-11-7-4-8-12-22/h3-12,20,23-29H,13-19,40H2,1-2H3,(H2,41,54)(H,42,49)(H,43,58)(H,44,60)(H,45,59)(H,46,56)(H,47,57)(H,48,55)(H,50,51)(H,52,53)/t23-,24+,25-,26-,27+,28-,29-/m0/s1. The highest BCUT2D eigenvalue weighted by Gasteiger charge is 2.36. The molecule has 1 aliphatic heterocycles. The van der Waals surface area contributed by atoms with E-state index in [0.29, 0.717) is 11.1 Å². The van der Waals surface area contributed by atoms with Gasteiger partial charge in [-0.05, 0) is 29.9 Å². The summed E-state index contributed by atoms with van der Waals surface area (Å²) >= 11 is 0. The number of rotatable bonds is 17. The van der Waals surface area contributed by atoms with Crippen molar-refractivity contribution < 1.29 is 58.2 Å². The van der Waals surface area contributed by atoms with Gasteiger partial charge in [0.25, 0.3) is 0 Å². The van der Waals surface area contributed by atoms with Crippen LogP contribution in [0.25, 0.3) is 0 Å². The molecule has 60 heavy (non-hydrogen) atoms. The summed E-state index contributed by atoms with van der Waals surface area (Å²) in [7, 11) is 0. The fourth-order valence-corrected chi connectivity index (χ4v) is 6.04. The van der Waals surface area contributed by atoms with E-state index in [1.807, 2.05) is 0 Å². The van der Waals surface area contributed by atoms with E-state index in [4.69, 9.17) is 11.5 Å². The lowest BCUT2D eigenvalue weighted by molar-refractivity contribution is -0.142. The molecule has 0 aromatic heterocycles. The molecule has 1 fully saturated rings. The Morgan fingerprint density at radius 1 is 0.733 bits per heavy atom. The molecule has 0 saturated carbocycles. The topological polar surface area (TPSA) is 347 Å². The lowest BCUT2D eigenvalue weighted by atomic mass is 10.0. The van der Waals surface area contributed by atoms with E-state index in [1.165, 1.54) is 0 Å². The highest BCUT2D eigenvalue weighted by molar-refractivity contribution is 6.00. The molecule has 1 saturated heterocycles. The number of carboxylic acids is 2. The van der Waals surface area contributed by atoms with Gasteiger partial charge in [-0.3, -0.25) is 47.9 Å². The van der Waals surface area contributed by atoms with Crippen LogP contribution in [-0.4, -0.2) is 118 Å². The number of nitrogens with two attached hydrogens (primary N) is 2. The Morgan fingerprint density at radius 2 is 1.30 bits per heavy atom. The van der Waals surface area contributed by atoms with Crippen molar-refractivity contribution in [2.24, 2.45) is 17.4 Å². The molecule has 0 radical (unpaired) electrons. The van der Waals surface area contributed by atoms with Gasteiger partial charge in [-0.15, -0.1) is 0 Å². The van der Waals surface area contributed by atoms with E-state index >= 15 is 0 Å². The third-order valence-corrected chi connectivity index (χ3v) is 9.10. The molecule has 0 unspecified atom stereocenters. The second-order valence-corrected chi connectivity index (χ2v) is 14.6. The Morgan fingerprint density at radius 3 is 1.85 bits per heavy atom. The fourth-order valence-electron chi connectivity index (χ4n) is 6.04. The van der Waals surface area contributed by atoms with Crippen LogP contribution in [0.4, 0.5) is 0 Å². The Labute approximate surface area is 344 Å². The quantitative estimate of drug-likeness (QED) is 0.0745. The molecular weight excluding hydrogens is 786 g/mol. The third kappa shape index (κ3) is 15.8. The monoisotopic (exact) mass is 837 g/mol. The van der Waals surface area contributed by atoms with Gasteiger partial charge in [0.2, 0.25) is 47.3 Å². The van der Waals surface area contributed by atoms with Crippen molar-refractivity contribution in [2.45, 2.75) is 94.7 Å². The van der Waals surface area contributed by atoms with E-state index in [9.17, 15) is 58.2 Å². The zero-order valence-electron chi connectivity index (χ0n) is 33.0. The SMILES string of the molecule is CC(C)C[C@@H]1NC(=O)[C@@H](NC(=O)[C@@H](N)Cc2ccccc2)CNC(=O)C[C@@H](C(=O)N[C@H](CC(=O)O)C(=O)N[C@H](Cc2ccccc2)C(N)=O)NC(=O)[C@H](CC(=O)O)NC1=O. The van der Waals surface area contributed by atoms with Gasteiger partial charge in [0.1, 0.15) is 36.3 Å². The van der Waals surface area contributed by atoms with Crippen molar-refractivity contribution in [1.29, 1.82) is 0 Å². The molecule has 21 nitrogen and oxygen atoms in total. The van der Waals surface area contributed by atoms with Crippen LogP contribution in [0.2, 0.25) is 0 Å². The van der Waals surface area contributed by atoms with Crippen LogP contribution < -0.4 is 48.7 Å². The van der Waals surface area contributed by atoms with Crippen molar-refractivity contribution in [3.63, 3.8) is 0 Å². The maximum absolute atomic E-state index is 13.8. The number of primary amides is 1. The summed E-state index contributed by atoms with van der Waals surface area (Å²) in [5, 5.41) is 35.5. The van der Waals surface area contributed by atoms with Crippen LogP contribution in [-0.2, 0) is 60.8 Å². The maximum Gasteiger partial charge on any atom is 0.305 e. The molecule has 0 bridgehead atoms. The molecule has 0 spiro atoms. The number of amides is 8. The first-order valence-electron chi connectivity index (χ1n) is 19.0. The normalized spacial score (nSPS) is 20.3. The average molecular weight is 838 g/mol. The van der Waals surface area contributed by atoms with Crippen molar-refractivity contribution in [1.82, 2.24) is 37.2 Å². The predicted octanol–water partition coefficient (Wildman–Crippen LogP) is -3.29. The molecule has 8 amide bonds. The minimum absolute atomic E-state index is 0.0282. The summed E-state index contributed by atoms with van der Waals surface area (Å²) in [6, 6.07) is 5.86. The third-order valence-electron chi connectivity index (χ3n) is 9.10. The summed E-state index contributed by atoms with van der Waals surface area (Å²) in [6.45, 7) is 2.81. The number of carboxylic acid groups (broad SMARTS) is 2. The minimum atomic E-state index is -1.96. The number of aliphatic carboxylic acids is 2. The minimum Gasteiger partial charge on any atom is -0.481 e. The lowest BCUT2D eigenvalue weighted by Gasteiger charge is -2.28. The molecule has 2 aromatic carbocycles. The van der Waals surface area contributed by atoms with Crippen molar-refractivity contribution in [2.75, 3.05) is 6.54 Å². The molecule has 3 rings (SSSR count). The Bertz CT molecular complexity index is 1900. The number of benzene rings is 2. The van der Waals surface area contributed by atoms with Gasteiger partial charge in [-0.1, -0.05) is 74.5 Å². The lowest BCUT2D eigenvalue weighted by Crippen LogP contribution is -2.62. The zero-order valence-corrected chi connectivity index (χ0v) is 33.0. The summed E-state index contributed by atoms with van der Waals surface area (Å²) in [5.74, 6) is -11.9. The smallest absolute Gasteiger partial charge is 0.305 e. The predicted molar refractivity (Wildman–Crippen MR) is 211 cm³/mol. The summed E-state index contributed by atoms with van der Waals surface area (Å²) in [5.41, 5.74) is 12.9. The van der Waals surface area contributed by atoms with Gasteiger partial charge in [0, 0.05) is 13.0 Å². The molecule has 1 aliphatic rings.